The summed E-state index contributed by atoms with van der Waals surface area (Å²) in [4.78, 5) is 0. The fourth-order valence-electron chi connectivity index (χ4n) is 2.86. The molecule has 2 nitrogen and oxygen atoms in total. The van der Waals surface area contributed by atoms with Crippen molar-refractivity contribution in [1.82, 2.24) is 0 Å². The first-order valence-corrected chi connectivity index (χ1v) is 7.03. The van der Waals surface area contributed by atoms with Gasteiger partial charge in [-0.05, 0) is 34.7 Å². The van der Waals surface area contributed by atoms with Crippen LogP contribution in [-0.2, 0) is 6.42 Å². The molecule has 19 heavy (non-hydrogen) atoms. The van der Waals surface area contributed by atoms with Gasteiger partial charge in [0.05, 0.1) is 5.69 Å². The summed E-state index contributed by atoms with van der Waals surface area (Å²) in [6, 6.07) is 15.1. The molecule has 0 aliphatic heterocycles. The van der Waals surface area contributed by atoms with Crippen LogP contribution in [0.15, 0.2) is 42.5 Å². The van der Waals surface area contributed by atoms with E-state index in [1.165, 1.54) is 34.4 Å². The van der Waals surface area contributed by atoms with Gasteiger partial charge in [-0.2, -0.15) is 0 Å². The van der Waals surface area contributed by atoms with Crippen LogP contribution in [0.2, 0.25) is 0 Å². The van der Waals surface area contributed by atoms with Crippen LogP contribution in [0.3, 0.4) is 0 Å². The third kappa shape index (κ3) is 2.13. The number of hydrogen-bond donors (Lipinski definition) is 1. The van der Waals surface area contributed by atoms with Crippen molar-refractivity contribution >= 4 is 5.69 Å². The Bertz CT molecular complexity index is 590. The molecule has 0 fully saturated rings. The van der Waals surface area contributed by atoms with E-state index >= 15 is 0 Å². The van der Waals surface area contributed by atoms with E-state index in [0.29, 0.717) is 0 Å². The van der Waals surface area contributed by atoms with Crippen molar-refractivity contribution in [2.24, 2.45) is 5.84 Å². The van der Waals surface area contributed by atoms with Crippen molar-refractivity contribution in [3.63, 3.8) is 0 Å². The minimum atomic E-state index is 0.920. The van der Waals surface area contributed by atoms with E-state index in [1.54, 1.807) is 0 Å². The molecular weight excluding hydrogens is 232 g/mol. The topological polar surface area (TPSA) is 29.3 Å². The Morgan fingerprint density at radius 2 is 1.84 bits per heavy atom. The first-order valence-electron chi connectivity index (χ1n) is 7.03. The quantitative estimate of drug-likeness (QED) is 0.566. The van der Waals surface area contributed by atoms with E-state index in [4.69, 9.17) is 5.84 Å². The van der Waals surface area contributed by atoms with Gasteiger partial charge in [-0.3, -0.25) is 0 Å². The minimum absolute atomic E-state index is 0.920. The van der Waals surface area contributed by atoms with E-state index < -0.39 is 0 Å². The van der Waals surface area contributed by atoms with E-state index in [-0.39, 0.29) is 0 Å². The highest BCUT2D eigenvalue weighted by Crippen LogP contribution is 2.40. The second kappa shape index (κ2) is 5.06. The van der Waals surface area contributed by atoms with Crippen LogP contribution in [0.25, 0.3) is 11.1 Å². The lowest BCUT2D eigenvalue weighted by Gasteiger charge is -2.21. The molecule has 0 aromatic heterocycles. The van der Waals surface area contributed by atoms with Gasteiger partial charge in [-0.1, -0.05) is 49.7 Å². The number of nitrogens with zero attached hydrogens (tertiary/aromatic N) is 1. The van der Waals surface area contributed by atoms with E-state index in [1.807, 2.05) is 5.01 Å². The Morgan fingerprint density at radius 1 is 1.05 bits per heavy atom. The molecule has 0 atom stereocenters. The lowest BCUT2D eigenvalue weighted by atomic mass is 10.0. The number of hydrogen-bond acceptors (Lipinski definition) is 2. The molecule has 1 aliphatic carbocycles. The Balaban J connectivity index is 1.99. The normalized spacial score (nSPS) is 12.1. The zero-order chi connectivity index (χ0) is 13.2. The van der Waals surface area contributed by atoms with Crippen molar-refractivity contribution in [2.45, 2.75) is 26.2 Å². The number of benzene rings is 2. The van der Waals surface area contributed by atoms with Crippen LogP contribution in [0.5, 0.6) is 0 Å². The maximum atomic E-state index is 6.22. The highest BCUT2D eigenvalue weighted by molar-refractivity contribution is 5.82. The van der Waals surface area contributed by atoms with Gasteiger partial charge in [0.15, 0.2) is 0 Å². The van der Waals surface area contributed by atoms with Gasteiger partial charge in [0.2, 0.25) is 0 Å². The van der Waals surface area contributed by atoms with Gasteiger partial charge < -0.3 is 5.01 Å². The highest BCUT2D eigenvalue weighted by atomic mass is 15.4. The summed E-state index contributed by atoms with van der Waals surface area (Å²) < 4.78 is 0. The second-order valence-corrected chi connectivity index (χ2v) is 5.18. The van der Waals surface area contributed by atoms with Crippen LogP contribution in [0, 0.1) is 0 Å². The average molecular weight is 252 g/mol. The van der Waals surface area contributed by atoms with Crippen molar-refractivity contribution in [1.29, 1.82) is 0 Å². The molecule has 1 aliphatic rings. The largest absolute Gasteiger partial charge is 0.311 e. The number of nitrogens with two attached hydrogens (primary N) is 1. The zero-order valence-electron chi connectivity index (χ0n) is 11.4. The molecule has 2 N–H and O–H groups in total. The van der Waals surface area contributed by atoms with Gasteiger partial charge in [0, 0.05) is 13.0 Å². The fraction of sp³-hybridized carbons (Fsp3) is 0.294. The summed E-state index contributed by atoms with van der Waals surface area (Å²) in [5, 5.41) is 1.91. The Labute approximate surface area is 114 Å². The lowest BCUT2D eigenvalue weighted by Crippen LogP contribution is -2.32. The highest BCUT2D eigenvalue weighted by Gasteiger charge is 2.21. The molecule has 2 aromatic carbocycles. The number of rotatable bonds is 4. The number of fused-ring (bicyclic) bond motifs is 3. The lowest BCUT2D eigenvalue weighted by molar-refractivity contribution is 0.736. The summed E-state index contributed by atoms with van der Waals surface area (Å²) in [5.41, 5.74) is 6.68. The zero-order valence-corrected chi connectivity index (χ0v) is 11.4. The van der Waals surface area contributed by atoms with Crippen molar-refractivity contribution in [3.05, 3.63) is 53.6 Å². The molecule has 0 amide bonds. The minimum Gasteiger partial charge on any atom is -0.311 e. The number of unbranched alkanes of at least 4 members (excludes halogenated alkanes) is 1. The van der Waals surface area contributed by atoms with Crippen LogP contribution >= 0.6 is 0 Å². The summed E-state index contributed by atoms with van der Waals surface area (Å²) in [7, 11) is 0. The molecule has 2 aromatic rings. The number of hydrazine groups is 1. The fourth-order valence-corrected chi connectivity index (χ4v) is 2.86. The monoisotopic (exact) mass is 252 g/mol. The van der Waals surface area contributed by atoms with Crippen molar-refractivity contribution < 1.29 is 0 Å². The van der Waals surface area contributed by atoms with Crippen LogP contribution in [0.4, 0.5) is 5.69 Å². The van der Waals surface area contributed by atoms with Gasteiger partial charge in [-0.25, -0.2) is 5.84 Å². The first-order chi connectivity index (χ1) is 9.31. The molecule has 0 heterocycles. The Kier molecular flexibility index (Phi) is 3.26. The third-order valence-corrected chi connectivity index (χ3v) is 3.89. The maximum Gasteiger partial charge on any atom is 0.0558 e. The smallest absolute Gasteiger partial charge is 0.0558 e. The molecule has 3 rings (SSSR count). The van der Waals surface area contributed by atoms with Crippen LogP contribution in [-0.4, -0.2) is 6.54 Å². The Morgan fingerprint density at radius 3 is 2.68 bits per heavy atom. The number of anilines is 1. The maximum absolute atomic E-state index is 6.22. The summed E-state index contributed by atoms with van der Waals surface area (Å²) in [6.45, 7) is 3.11. The third-order valence-electron chi connectivity index (χ3n) is 3.89. The van der Waals surface area contributed by atoms with E-state index in [9.17, 15) is 0 Å². The van der Waals surface area contributed by atoms with Crippen LogP contribution in [0.1, 0.15) is 30.9 Å². The molecule has 0 saturated carbocycles. The predicted molar refractivity (Wildman–Crippen MR) is 81.1 cm³/mol. The molecule has 0 bridgehead atoms. The van der Waals surface area contributed by atoms with Crippen molar-refractivity contribution in [2.75, 3.05) is 11.6 Å². The van der Waals surface area contributed by atoms with Crippen molar-refractivity contribution in [3.8, 4) is 11.1 Å². The van der Waals surface area contributed by atoms with Gasteiger partial charge >= 0.3 is 0 Å². The molecule has 0 radical (unpaired) electrons. The van der Waals surface area contributed by atoms with E-state index in [0.717, 1.165) is 19.4 Å². The first kappa shape index (κ1) is 12.2. The van der Waals surface area contributed by atoms with Gasteiger partial charge in [-0.15, -0.1) is 0 Å². The standard InChI is InChI=1S/C17H20N2/c1-2-3-11-19(18)17-10-6-9-15-14-8-5-4-7-13(14)12-16(15)17/h4-10H,2-3,11-12,18H2,1H3. The van der Waals surface area contributed by atoms with Gasteiger partial charge in [0.1, 0.15) is 0 Å². The average Bonchev–Trinajstić information content (AvgIpc) is 2.83. The van der Waals surface area contributed by atoms with Crippen LogP contribution < -0.4 is 10.9 Å². The molecule has 0 unspecified atom stereocenters. The SMILES string of the molecule is CCCCN(N)c1cccc2c1Cc1ccccc1-2. The second-order valence-electron chi connectivity index (χ2n) is 5.18. The molecule has 0 saturated heterocycles. The summed E-state index contributed by atoms with van der Waals surface area (Å²) >= 11 is 0. The summed E-state index contributed by atoms with van der Waals surface area (Å²) in [6.07, 6.45) is 3.30. The molecule has 0 spiro atoms. The van der Waals surface area contributed by atoms with Gasteiger partial charge in [0.25, 0.3) is 0 Å². The van der Waals surface area contributed by atoms with E-state index in [2.05, 4.69) is 49.4 Å². The molecule has 98 valence electrons. The predicted octanol–water partition coefficient (Wildman–Crippen LogP) is 3.74. The Hall–Kier alpha value is -1.80. The molecule has 2 heteroatoms. The molecular formula is C17H20N2. The summed E-state index contributed by atoms with van der Waals surface area (Å²) in [5.74, 6) is 6.22.